The number of rotatable bonds is 10. The zero-order chi connectivity index (χ0) is 28.6. The molecule has 4 aromatic carbocycles. The van der Waals surface area contributed by atoms with Crippen LogP contribution in [0, 0.1) is 0 Å². The van der Waals surface area contributed by atoms with Crippen LogP contribution in [0.3, 0.4) is 0 Å². The summed E-state index contributed by atoms with van der Waals surface area (Å²) in [5.74, 6) is 0.908. The van der Waals surface area contributed by atoms with Crippen molar-refractivity contribution < 1.29 is 33.6 Å². The Balaban J connectivity index is 1.16. The van der Waals surface area contributed by atoms with E-state index in [9.17, 15) is 14.7 Å². The van der Waals surface area contributed by atoms with Gasteiger partial charge in [-0.1, -0.05) is 48.5 Å². The smallest absolute Gasteiger partial charge is 0.338 e. The number of benzene rings is 4. The zero-order valence-corrected chi connectivity index (χ0v) is 22.9. The maximum Gasteiger partial charge on any atom is 0.338 e. The van der Waals surface area contributed by atoms with Gasteiger partial charge in [-0.05, 0) is 70.8 Å². The molecule has 2 unspecified atom stereocenters. The molecule has 4 aromatic rings. The Morgan fingerprint density at radius 2 is 1.61 bits per heavy atom. The van der Waals surface area contributed by atoms with E-state index in [1.54, 1.807) is 31.4 Å². The number of hydrogen-bond acceptors (Lipinski definition) is 7. The van der Waals surface area contributed by atoms with Gasteiger partial charge in [-0.3, -0.25) is 0 Å². The van der Waals surface area contributed by atoms with Crippen molar-refractivity contribution in [2.45, 2.75) is 25.0 Å². The van der Waals surface area contributed by atoms with Crippen molar-refractivity contribution in [3.8, 4) is 11.5 Å². The summed E-state index contributed by atoms with van der Waals surface area (Å²) in [6, 6.07) is 28.7. The summed E-state index contributed by atoms with van der Waals surface area (Å²) in [5, 5.41) is 13.9. The molecule has 212 valence electrons. The number of carbonyl (C=O) groups is 2. The number of esters is 1. The number of amides is 1. The van der Waals surface area contributed by atoms with E-state index >= 15 is 0 Å². The molecule has 8 nitrogen and oxygen atoms in total. The summed E-state index contributed by atoms with van der Waals surface area (Å²) in [6.45, 7) is 1.34. The van der Waals surface area contributed by atoms with Crippen LogP contribution in [0.1, 0.15) is 33.8 Å². The van der Waals surface area contributed by atoms with Gasteiger partial charge in [0.15, 0.2) is 0 Å². The summed E-state index contributed by atoms with van der Waals surface area (Å²) in [4.78, 5) is 25.1. The molecule has 0 saturated carbocycles. The van der Waals surface area contributed by atoms with E-state index in [1.165, 1.54) is 4.90 Å². The summed E-state index contributed by atoms with van der Waals surface area (Å²) in [5.41, 5.74) is 2.52. The fraction of sp³-hybridized carbons (Fsp3) is 0.273. The van der Waals surface area contributed by atoms with Crippen molar-refractivity contribution in [2.24, 2.45) is 0 Å². The predicted octanol–water partition coefficient (Wildman–Crippen LogP) is 4.80. The fourth-order valence-electron chi connectivity index (χ4n) is 5.08. The predicted molar refractivity (Wildman–Crippen MR) is 152 cm³/mol. The first-order valence-electron chi connectivity index (χ1n) is 13.6. The highest BCUT2D eigenvalue weighted by Crippen LogP contribution is 2.32. The highest BCUT2D eigenvalue weighted by atomic mass is 16.6. The lowest BCUT2D eigenvalue weighted by molar-refractivity contribution is -0.268. The number of hydrogen-bond donors (Lipinski definition) is 0. The lowest BCUT2D eigenvalue weighted by Crippen LogP contribution is -2.51. The molecular weight excluding hydrogens is 522 g/mol. The van der Waals surface area contributed by atoms with Crippen LogP contribution in [-0.2, 0) is 16.1 Å². The first-order valence-corrected chi connectivity index (χ1v) is 13.6. The van der Waals surface area contributed by atoms with E-state index in [2.05, 4.69) is 24.3 Å². The monoisotopic (exact) mass is 554 g/mol. The quantitative estimate of drug-likeness (QED) is 0.205. The molecule has 0 aliphatic carbocycles. The Morgan fingerprint density at radius 1 is 0.878 bits per heavy atom. The Hall–Kier alpha value is -4.56. The van der Waals surface area contributed by atoms with Crippen LogP contribution in [0.25, 0.3) is 10.8 Å². The number of likely N-dealkylation sites (tertiary alicyclic amines) is 1. The van der Waals surface area contributed by atoms with E-state index in [4.69, 9.17) is 18.9 Å². The second-order valence-electron chi connectivity index (χ2n) is 9.92. The SMILES string of the molecule is COc1ccc(C(=O)OCCOc2ccc(C3CCN(C(=O)[O-])CC3OCc3ccc4ccccc4c3)cc2)cc1. The van der Waals surface area contributed by atoms with Gasteiger partial charge < -0.3 is 33.7 Å². The second-order valence-corrected chi connectivity index (χ2v) is 9.92. The third-order valence-corrected chi connectivity index (χ3v) is 7.31. The highest BCUT2D eigenvalue weighted by molar-refractivity contribution is 5.89. The van der Waals surface area contributed by atoms with Crippen LogP contribution in [0.15, 0.2) is 91.0 Å². The minimum Gasteiger partial charge on any atom is -0.530 e. The normalized spacial score (nSPS) is 16.8. The van der Waals surface area contributed by atoms with Gasteiger partial charge in [-0.25, -0.2) is 4.79 Å². The van der Waals surface area contributed by atoms with Gasteiger partial charge >= 0.3 is 5.97 Å². The largest absolute Gasteiger partial charge is 0.530 e. The van der Waals surface area contributed by atoms with Gasteiger partial charge in [-0.15, -0.1) is 0 Å². The Morgan fingerprint density at radius 3 is 2.34 bits per heavy atom. The number of fused-ring (bicyclic) bond motifs is 1. The molecule has 41 heavy (non-hydrogen) atoms. The fourth-order valence-corrected chi connectivity index (χ4v) is 5.08. The Kier molecular flexibility index (Phi) is 9.01. The van der Waals surface area contributed by atoms with Gasteiger partial charge in [0.25, 0.3) is 0 Å². The first-order chi connectivity index (χ1) is 20.0. The van der Waals surface area contributed by atoms with Crippen molar-refractivity contribution in [3.63, 3.8) is 0 Å². The molecular formula is C33H32NO7-. The lowest BCUT2D eigenvalue weighted by Gasteiger charge is -2.40. The number of nitrogens with zero attached hydrogens (tertiary/aromatic N) is 1. The molecule has 1 fully saturated rings. The molecule has 1 aliphatic rings. The number of methoxy groups -OCH3 is 1. The molecule has 1 aliphatic heterocycles. The van der Waals surface area contributed by atoms with Crippen LogP contribution < -0.4 is 14.6 Å². The molecule has 1 amide bonds. The topological polar surface area (TPSA) is 97.4 Å². The van der Waals surface area contributed by atoms with Crippen molar-refractivity contribution in [3.05, 3.63) is 108 Å². The maximum absolute atomic E-state index is 12.2. The van der Waals surface area contributed by atoms with E-state index in [-0.39, 0.29) is 31.8 Å². The summed E-state index contributed by atoms with van der Waals surface area (Å²) < 4.78 is 22.5. The average molecular weight is 555 g/mol. The molecule has 0 radical (unpaired) electrons. The van der Waals surface area contributed by atoms with Crippen LogP contribution in [0.4, 0.5) is 4.79 Å². The zero-order valence-electron chi connectivity index (χ0n) is 22.9. The molecule has 8 heteroatoms. The van der Waals surface area contributed by atoms with Gasteiger partial charge in [0.2, 0.25) is 0 Å². The number of carbonyl (C=O) groups excluding carboxylic acids is 2. The molecule has 0 spiro atoms. The maximum atomic E-state index is 12.2. The second kappa shape index (κ2) is 13.2. The van der Waals surface area contributed by atoms with E-state index in [0.29, 0.717) is 36.6 Å². The molecule has 5 rings (SSSR count). The molecule has 0 N–H and O–H groups in total. The minimum absolute atomic E-state index is 0.0190. The molecule has 1 saturated heterocycles. The molecule has 0 bridgehead atoms. The van der Waals surface area contributed by atoms with Crippen molar-refractivity contribution in [1.29, 1.82) is 0 Å². The summed E-state index contributed by atoms with van der Waals surface area (Å²) >= 11 is 0. The highest BCUT2D eigenvalue weighted by Gasteiger charge is 2.31. The van der Waals surface area contributed by atoms with Gasteiger partial charge in [-0.2, -0.15) is 0 Å². The van der Waals surface area contributed by atoms with Crippen LogP contribution in [0.5, 0.6) is 11.5 Å². The summed E-state index contributed by atoms with van der Waals surface area (Å²) in [6.07, 6.45) is -0.880. The van der Waals surface area contributed by atoms with Gasteiger partial charge in [0.1, 0.15) is 30.8 Å². The van der Waals surface area contributed by atoms with Crippen LogP contribution in [-0.4, -0.2) is 56.5 Å². The number of piperidine rings is 1. The van der Waals surface area contributed by atoms with E-state index < -0.39 is 12.1 Å². The lowest BCUT2D eigenvalue weighted by atomic mass is 9.87. The van der Waals surface area contributed by atoms with Gasteiger partial charge in [0.05, 0.1) is 25.4 Å². The van der Waals surface area contributed by atoms with Gasteiger partial charge in [0, 0.05) is 19.0 Å². The Labute approximate surface area is 239 Å². The average Bonchev–Trinajstić information content (AvgIpc) is 3.02. The number of carboxylic acid groups (broad SMARTS) is 1. The van der Waals surface area contributed by atoms with Crippen molar-refractivity contribution in [2.75, 3.05) is 33.4 Å². The standard InChI is InChI=1S/C33H33NO7/c1-38-28-12-10-26(11-13-28)32(35)40-19-18-39-29-14-8-25(9-15-29)30-16-17-34(33(36)37)21-31(30)41-22-23-6-7-24-4-2-3-5-27(24)20-23/h2-15,20,30-31H,16-19,21-22H2,1H3,(H,36,37)/p-1. The van der Waals surface area contributed by atoms with Crippen LogP contribution >= 0.6 is 0 Å². The summed E-state index contributed by atoms with van der Waals surface area (Å²) in [7, 11) is 1.57. The van der Waals surface area contributed by atoms with Crippen molar-refractivity contribution in [1.82, 2.24) is 4.90 Å². The number of ether oxygens (including phenoxy) is 4. The first kappa shape index (κ1) is 28.0. The van der Waals surface area contributed by atoms with E-state index in [1.807, 2.05) is 42.5 Å². The third kappa shape index (κ3) is 7.15. The molecule has 1 heterocycles. The van der Waals surface area contributed by atoms with Crippen LogP contribution in [0.2, 0.25) is 0 Å². The molecule has 0 aromatic heterocycles. The Bertz CT molecular complexity index is 1470. The van der Waals surface area contributed by atoms with Crippen molar-refractivity contribution >= 4 is 22.8 Å². The molecule has 2 atom stereocenters. The van der Waals surface area contributed by atoms with E-state index in [0.717, 1.165) is 21.9 Å². The minimum atomic E-state index is -1.18. The third-order valence-electron chi connectivity index (χ3n) is 7.31.